The van der Waals surface area contributed by atoms with Gasteiger partial charge < -0.3 is 19.7 Å². The SMILES string of the molecule is COc1ccccc1CNc1n[nH]c2nc([C@@H]3CCCN(C(=O)C(C)(C)OC)C3)ccc12. The molecule has 2 aromatic heterocycles. The summed E-state index contributed by atoms with van der Waals surface area (Å²) < 4.78 is 10.8. The van der Waals surface area contributed by atoms with Gasteiger partial charge >= 0.3 is 0 Å². The number of fused-ring (bicyclic) bond motifs is 1. The van der Waals surface area contributed by atoms with Gasteiger partial charge in [0.15, 0.2) is 11.5 Å². The molecule has 170 valence electrons. The van der Waals surface area contributed by atoms with Gasteiger partial charge in [-0.2, -0.15) is 5.10 Å². The maximum Gasteiger partial charge on any atom is 0.254 e. The Morgan fingerprint density at radius 3 is 2.84 bits per heavy atom. The number of aromatic nitrogens is 3. The first-order valence-electron chi connectivity index (χ1n) is 11.0. The molecule has 3 heterocycles. The van der Waals surface area contributed by atoms with E-state index in [2.05, 4.69) is 15.5 Å². The van der Waals surface area contributed by atoms with Crippen molar-refractivity contribution in [3.8, 4) is 5.75 Å². The number of anilines is 1. The van der Waals surface area contributed by atoms with E-state index < -0.39 is 5.60 Å². The number of amides is 1. The van der Waals surface area contributed by atoms with Gasteiger partial charge in [-0.05, 0) is 44.9 Å². The number of para-hydroxylation sites is 1. The smallest absolute Gasteiger partial charge is 0.254 e. The highest BCUT2D eigenvalue weighted by atomic mass is 16.5. The first-order valence-corrected chi connectivity index (χ1v) is 11.0. The van der Waals surface area contributed by atoms with Crippen LogP contribution >= 0.6 is 0 Å². The molecule has 8 nitrogen and oxygen atoms in total. The van der Waals surface area contributed by atoms with Crippen LogP contribution in [0.25, 0.3) is 11.0 Å². The summed E-state index contributed by atoms with van der Waals surface area (Å²) in [7, 11) is 3.25. The maximum atomic E-state index is 12.8. The molecule has 0 radical (unpaired) electrons. The van der Waals surface area contributed by atoms with Gasteiger partial charge in [0.05, 0.1) is 12.5 Å². The third-order valence-corrected chi connectivity index (χ3v) is 6.24. The number of carbonyl (C=O) groups excluding carboxylic acids is 1. The van der Waals surface area contributed by atoms with Crippen LogP contribution in [0.15, 0.2) is 36.4 Å². The number of pyridine rings is 1. The van der Waals surface area contributed by atoms with Gasteiger partial charge in [-0.25, -0.2) is 4.98 Å². The molecule has 2 N–H and O–H groups in total. The molecule has 0 aliphatic carbocycles. The van der Waals surface area contributed by atoms with Gasteiger partial charge in [0.2, 0.25) is 0 Å². The summed E-state index contributed by atoms with van der Waals surface area (Å²) >= 11 is 0. The highest BCUT2D eigenvalue weighted by molar-refractivity contribution is 5.87. The van der Waals surface area contributed by atoms with Crippen LogP contribution in [0, 0.1) is 0 Å². The second kappa shape index (κ2) is 9.16. The second-order valence-electron chi connectivity index (χ2n) is 8.67. The van der Waals surface area contributed by atoms with Crippen molar-refractivity contribution in [2.75, 3.05) is 32.6 Å². The minimum Gasteiger partial charge on any atom is -0.496 e. The summed E-state index contributed by atoms with van der Waals surface area (Å²) in [6, 6.07) is 12.0. The van der Waals surface area contributed by atoms with Gasteiger partial charge in [0.25, 0.3) is 5.91 Å². The summed E-state index contributed by atoms with van der Waals surface area (Å²) in [6.07, 6.45) is 1.95. The Morgan fingerprint density at radius 2 is 2.06 bits per heavy atom. The lowest BCUT2D eigenvalue weighted by Gasteiger charge is -2.36. The van der Waals surface area contributed by atoms with E-state index in [1.54, 1.807) is 14.2 Å². The largest absolute Gasteiger partial charge is 0.496 e. The van der Waals surface area contributed by atoms with Crippen molar-refractivity contribution in [1.82, 2.24) is 20.1 Å². The van der Waals surface area contributed by atoms with Crippen molar-refractivity contribution in [1.29, 1.82) is 0 Å². The zero-order chi connectivity index (χ0) is 22.7. The van der Waals surface area contributed by atoms with E-state index in [1.807, 2.05) is 55.1 Å². The lowest BCUT2D eigenvalue weighted by Crippen LogP contribution is -2.49. The number of methoxy groups -OCH3 is 2. The number of rotatable bonds is 7. The fourth-order valence-corrected chi connectivity index (χ4v) is 4.18. The van der Waals surface area contributed by atoms with E-state index in [-0.39, 0.29) is 11.8 Å². The number of hydrogen-bond donors (Lipinski definition) is 2. The lowest BCUT2D eigenvalue weighted by molar-refractivity contribution is -0.152. The average molecular weight is 438 g/mol. The zero-order valence-corrected chi connectivity index (χ0v) is 19.1. The first-order chi connectivity index (χ1) is 15.4. The molecule has 1 atom stereocenters. The van der Waals surface area contributed by atoms with Crippen molar-refractivity contribution in [3.05, 3.63) is 47.7 Å². The first kappa shape index (κ1) is 22.1. The van der Waals surface area contributed by atoms with Crippen LogP contribution < -0.4 is 10.1 Å². The Hall–Kier alpha value is -3.13. The molecule has 0 unspecified atom stereocenters. The van der Waals surface area contributed by atoms with E-state index >= 15 is 0 Å². The van der Waals surface area contributed by atoms with Crippen LogP contribution in [-0.2, 0) is 16.1 Å². The number of piperidine rings is 1. The Labute approximate surface area is 188 Å². The zero-order valence-electron chi connectivity index (χ0n) is 19.1. The number of nitrogens with zero attached hydrogens (tertiary/aromatic N) is 3. The summed E-state index contributed by atoms with van der Waals surface area (Å²) in [5.74, 6) is 1.81. The van der Waals surface area contributed by atoms with E-state index in [1.165, 1.54) is 0 Å². The maximum absolute atomic E-state index is 12.8. The molecule has 32 heavy (non-hydrogen) atoms. The quantitative estimate of drug-likeness (QED) is 0.585. The molecule has 0 saturated carbocycles. The molecule has 4 rings (SSSR count). The van der Waals surface area contributed by atoms with Crippen molar-refractivity contribution >= 4 is 22.8 Å². The molecule has 1 fully saturated rings. The van der Waals surface area contributed by atoms with E-state index in [0.29, 0.717) is 13.1 Å². The number of carbonyl (C=O) groups is 1. The van der Waals surface area contributed by atoms with Crippen molar-refractivity contribution in [2.24, 2.45) is 0 Å². The number of hydrogen-bond acceptors (Lipinski definition) is 6. The monoisotopic (exact) mass is 437 g/mol. The van der Waals surface area contributed by atoms with Crippen molar-refractivity contribution in [2.45, 2.75) is 44.8 Å². The molecule has 1 aliphatic rings. The summed E-state index contributed by atoms with van der Waals surface area (Å²) in [4.78, 5) is 19.6. The molecular formula is C24H31N5O3. The highest BCUT2D eigenvalue weighted by Crippen LogP contribution is 2.30. The predicted octanol–water partition coefficient (Wildman–Crippen LogP) is 3.71. The van der Waals surface area contributed by atoms with Gasteiger partial charge in [0, 0.05) is 43.9 Å². The molecule has 0 spiro atoms. The number of nitrogens with one attached hydrogen (secondary N) is 2. The molecule has 1 saturated heterocycles. The van der Waals surface area contributed by atoms with Gasteiger partial charge in [-0.1, -0.05) is 18.2 Å². The molecule has 1 aromatic carbocycles. The van der Waals surface area contributed by atoms with Crippen LogP contribution in [0.4, 0.5) is 5.82 Å². The van der Waals surface area contributed by atoms with Gasteiger partial charge in [0.1, 0.15) is 11.4 Å². The molecule has 0 bridgehead atoms. The van der Waals surface area contributed by atoms with Crippen molar-refractivity contribution < 1.29 is 14.3 Å². The third-order valence-electron chi connectivity index (χ3n) is 6.24. The predicted molar refractivity (Wildman–Crippen MR) is 124 cm³/mol. The topological polar surface area (TPSA) is 92.4 Å². The highest BCUT2D eigenvalue weighted by Gasteiger charge is 2.35. The standard InChI is InChI=1S/C24H31N5O3/c1-24(2,32-4)23(30)29-13-7-9-17(15-29)19-12-11-18-21(27-28-22(18)26-19)25-14-16-8-5-6-10-20(16)31-3/h5-6,8,10-12,17H,7,9,13-15H2,1-4H3,(H2,25,26,27,28)/t17-/m1/s1. The Morgan fingerprint density at radius 1 is 1.25 bits per heavy atom. The molecular weight excluding hydrogens is 406 g/mol. The number of H-pyrrole nitrogens is 1. The Balaban J connectivity index is 1.48. The molecule has 8 heteroatoms. The second-order valence-corrected chi connectivity index (χ2v) is 8.67. The minimum atomic E-state index is -0.815. The summed E-state index contributed by atoms with van der Waals surface area (Å²) in [5, 5.41) is 11.8. The molecule has 1 amide bonds. The van der Waals surface area contributed by atoms with Crippen molar-refractivity contribution in [3.63, 3.8) is 0 Å². The Kier molecular flexibility index (Phi) is 6.32. The van der Waals surface area contributed by atoms with Crippen LogP contribution in [-0.4, -0.2) is 58.9 Å². The number of aromatic amines is 1. The van der Waals surface area contributed by atoms with Crippen LogP contribution in [0.1, 0.15) is 43.9 Å². The normalized spacial score (nSPS) is 16.9. The summed E-state index contributed by atoms with van der Waals surface area (Å²) in [5.41, 5.74) is 1.96. The fourth-order valence-electron chi connectivity index (χ4n) is 4.18. The van der Waals surface area contributed by atoms with E-state index in [4.69, 9.17) is 14.5 Å². The Bertz CT molecular complexity index is 1090. The number of ether oxygens (including phenoxy) is 2. The summed E-state index contributed by atoms with van der Waals surface area (Å²) in [6.45, 7) is 5.63. The minimum absolute atomic E-state index is 0.0233. The van der Waals surface area contributed by atoms with Gasteiger partial charge in [-0.15, -0.1) is 0 Å². The van der Waals surface area contributed by atoms with Gasteiger partial charge in [-0.3, -0.25) is 9.89 Å². The average Bonchev–Trinajstić information content (AvgIpc) is 3.24. The molecule has 1 aliphatic heterocycles. The number of benzene rings is 1. The fraction of sp³-hybridized carbons (Fsp3) is 0.458. The van der Waals surface area contributed by atoms with Crippen LogP contribution in [0.3, 0.4) is 0 Å². The number of likely N-dealkylation sites (tertiary alicyclic amines) is 1. The van der Waals surface area contributed by atoms with E-state index in [0.717, 1.165) is 53.2 Å². The third kappa shape index (κ3) is 4.41. The van der Waals surface area contributed by atoms with Crippen LogP contribution in [0.5, 0.6) is 5.75 Å². The van der Waals surface area contributed by atoms with E-state index in [9.17, 15) is 4.79 Å². The van der Waals surface area contributed by atoms with Crippen LogP contribution in [0.2, 0.25) is 0 Å². The lowest BCUT2D eigenvalue weighted by atomic mass is 9.93. The molecule has 3 aromatic rings.